The van der Waals surface area contributed by atoms with E-state index in [-0.39, 0.29) is 18.1 Å². The first kappa shape index (κ1) is 14.8. The third-order valence-electron chi connectivity index (χ3n) is 4.83. The van der Waals surface area contributed by atoms with Crippen LogP contribution in [0, 0.1) is 0 Å². The zero-order chi connectivity index (χ0) is 15.8. The van der Waals surface area contributed by atoms with Crippen LogP contribution in [0.3, 0.4) is 0 Å². The van der Waals surface area contributed by atoms with E-state index in [0.717, 1.165) is 35.4 Å². The quantitative estimate of drug-likeness (QED) is 0.905. The molecule has 0 spiro atoms. The number of amides is 1. The summed E-state index contributed by atoms with van der Waals surface area (Å²) in [5, 5.41) is 12.7. The van der Waals surface area contributed by atoms with Gasteiger partial charge in [-0.25, -0.2) is 9.97 Å². The number of thiophene rings is 1. The predicted octanol–water partition coefficient (Wildman–Crippen LogP) is 1.64. The largest absolute Gasteiger partial charge is 0.393 e. The van der Waals surface area contributed by atoms with Crippen molar-refractivity contribution in [2.75, 3.05) is 24.5 Å². The third kappa shape index (κ3) is 2.68. The molecular weight excluding hydrogens is 312 g/mol. The molecule has 4 rings (SSSR count). The van der Waals surface area contributed by atoms with Crippen LogP contribution >= 0.6 is 11.3 Å². The molecule has 2 aromatic heterocycles. The summed E-state index contributed by atoms with van der Waals surface area (Å²) in [7, 11) is 0. The molecule has 0 bridgehead atoms. The second-order valence-electron chi connectivity index (χ2n) is 6.24. The van der Waals surface area contributed by atoms with Gasteiger partial charge < -0.3 is 14.9 Å². The summed E-state index contributed by atoms with van der Waals surface area (Å²) in [4.78, 5) is 26.7. The number of hydrogen-bond donors (Lipinski definition) is 1. The molecule has 2 aromatic rings. The summed E-state index contributed by atoms with van der Waals surface area (Å²) in [5.41, 5.74) is 0. The Morgan fingerprint density at radius 2 is 2.04 bits per heavy atom. The summed E-state index contributed by atoms with van der Waals surface area (Å²) in [5.74, 6) is 1.06. The molecule has 1 atom stereocenters. The predicted molar refractivity (Wildman–Crippen MR) is 89.6 cm³/mol. The van der Waals surface area contributed by atoms with Crippen molar-refractivity contribution in [1.82, 2.24) is 14.9 Å². The van der Waals surface area contributed by atoms with Gasteiger partial charge in [0.15, 0.2) is 0 Å². The zero-order valence-electron chi connectivity index (χ0n) is 12.9. The Balaban J connectivity index is 1.59. The number of piperidine rings is 1. The molecule has 6 nitrogen and oxygen atoms in total. The molecule has 2 fully saturated rings. The maximum Gasteiger partial charge on any atom is 0.245 e. The van der Waals surface area contributed by atoms with E-state index in [2.05, 4.69) is 14.9 Å². The van der Waals surface area contributed by atoms with E-state index in [1.165, 1.54) is 0 Å². The highest BCUT2D eigenvalue weighted by molar-refractivity contribution is 7.16. The van der Waals surface area contributed by atoms with E-state index in [9.17, 15) is 9.90 Å². The van der Waals surface area contributed by atoms with Crippen LogP contribution in [0.15, 0.2) is 17.8 Å². The van der Waals surface area contributed by atoms with E-state index >= 15 is 0 Å². The van der Waals surface area contributed by atoms with Gasteiger partial charge in [-0.05, 0) is 37.1 Å². The molecule has 23 heavy (non-hydrogen) atoms. The zero-order valence-corrected chi connectivity index (χ0v) is 13.7. The van der Waals surface area contributed by atoms with Crippen LogP contribution in [0.25, 0.3) is 10.2 Å². The summed E-state index contributed by atoms with van der Waals surface area (Å²) in [6.07, 6.45) is 4.56. The fourth-order valence-corrected chi connectivity index (χ4v) is 4.31. The van der Waals surface area contributed by atoms with Crippen molar-refractivity contribution in [3.8, 4) is 0 Å². The van der Waals surface area contributed by atoms with Crippen LogP contribution in [-0.2, 0) is 4.79 Å². The van der Waals surface area contributed by atoms with E-state index in [4.69, 9.17) is 0 Å². The second kappa shape index (κ2) is 6.05. The van der Waals surface area contributed by atoms with Crippen LogP contribution in [-0.4, -0.2) is 57.7 Å². The van der Waals surface area contributed by atoms with Crippen molar-refractivity contribution in [3.05, 3.63) is 17.8 Å². The number of rotatable bonds is 2. The highest BCUT2D eigenvalue weighted by Gasteiger charge is 2.36. The smallest absolute Gasteiger partial charge is 0.245 e. The first-order chi connectivity index (χ1) is 11.2. The number of hydrogen-bond acceptors (Lipinski definition) is 6. The average Bonchev–Trinajstić information content (AvgIpc) is 3.23. The van der Waals surface area contributed by atoms with Gasteiger partial charge in [0.05, 0.1) is 11.5 Å². The van der Waals surface area contributed by atoms with Crippen molar-refractivity contribution >= 4 is 33.3 Å². The minimum Gasteiger partial charge on any atom is -0.393 e. The molecule has 0 saturated carbocycles. The third-order valence-corrected chi connectivity index (χ3v) is 5.65. The molecule has 4 heterocycles. The van der Waals surface area contributed by atoms with E-state index < -0.39 is 0 Å². The van der Waals surface area contributed by atoms with Gasteiger partial charge >= 0.3 is 0 Å². The standard InChI is InChI=1S/C16H20N4O2S/c21-11-3-7-19(8-4-11)16(22)13-2-1-6-20(13)14-12-5-9-23-15(12)18-10-17-14/h5,9-11,13,21H,1-4,6-8H2. The molecule has 122 valence electrons. The summed E-state index contributed by atoms with van der Waals surface area (Å²) in [6, 6.07) is 1.90. The monoisotopic (exact) mass is 332 g/mol. The molecular formula is C16H20N4O2S. The number of carbonyl (C=O) groups is 1. The molecule has 1 unspecified atom stereocenters. The number of carbonyl (C=O) groups excluding carboxylic acids is 1. The van der Waals surface area contributed by atoms with Crippen molar-refractivity contribution in [2.24, 2.45) is 0 Å². The van der Waals surface area contributed by atoms with E-state index in [1.54, 1.807) is 17.7 Å². The highest BCUT2D eigenvalue weighted by Crippen LogP contribution is 2.32. The lowest BCUT2D eigenvalue weighted by Gasteiger charge is -2.34. The minimum atomic E-state index is -0.258. The van der Waals surface area contributed by atoms with Gasteiger partial charge in [0.1, 0.15) is 23.0 Å². The Labute approximate surface area is 138 Å². The Morgan fingerprint density at radius 1 is 1.22 bits per heavy atom. The van der Waals surface area contributed by atoms with Gasteiger partial charge in [0.2, 0.25) is 5.91 Å². The molecule has 2 saturated heterocycles. The Kier molecular flexibility index (Phi) is 3.90. The first-order valence-electron chi connectivity index (χ1n) is 8.16. The van der Waals surface area contributed by atoms with Gasteiger partial charge in [0, 0.05) is 19.6 Å². The summed E-state index contributed by atoms with van der Waals surface area (Å²) < 4.78 is 0. The molecule has 2 aliphatic rings. The SMILES string of the molecule is O=C(C1CCCN1c1ncnc2sccc12)N1CCC(O)CC1. The Bertz CT molecular complexity index is 711. The van der Waals surface area contributed by atoms with Crippen molar-refractivity contribution in [2.45, 2.75) is 37.8 Å². The molecule has 2 aliphatic heterocycles. The number of aliphatic hydroxyl groups is 1. The van der Waals surface area contributed by atoms with Gasteiger partial charge in [-0.2, -0.15) is 0 Å². The Hall–Kier alpha value is -1.73. The van der Waals surface area contributed by atoms with Crippen LogP contribution in [0.4, 0.5) is 5.82 Å². The minimum absolute atomic E-state index is 0.136. The maximum absolute atomic E-state index is 12.9. The van der Waals surface area contributed by atoms with Gasteiger partial charge in [-0.3, -0.25) is 4.79 Å². The van der Waals surface area contributed by atoms with Crippen LogP contribution in [0.1, 0.15) is 25.7 Å². The highest BCUT2D eigenvalue weighted by atomic mass is 32.1. The topological polar surface area (TPSA) is 69.6 Å². The average molecular weight is 332 g/mol. The summed E-state index contributed by atoms with van der Waals surface area (Å²) >= 11 is 1.60. The molecule has 0 aromatic carbocycles. The normalized spacial score (nSPS) is 22.9. The molecule has 0 aliphatic carbocycles. The molecule has 1 amide bonds. The number of aromatic nitrogens is 2. The number of likely N-dealkylation sites (tertiary alicyclic amines) is 1. The molecule has 1 N–H and O–H groups in total. The van der Waals surface area contributed by atoms with Gasteiger partial charge in [0.25, 0.3) is 0 Å². The lowest BCUT2D eigenvalue weighted by Crippen LogP contribution is -2.49. The lowest BCUT2D eigenvalue weighted by atomic mass is 10.1. The fourth-order valence-electron chi connectivity index (χ4n) is 3.58. The van der Waals surface area contributed by atoms with Crippen LogP contribution < -0.4 is 4.90 Å². The second-order valence-corrected chi connectivity index (χ2v) is 7.14. The number of anilines is 1. The van der Waals surface area contributed by atoms with Crippen LogP contribution in [0.5, 0.6) is 0 Å². The van der Waals surface area contributed by atoms with Crippen LogP contribution in [0.2, 0.25) is 0 Å². The van der Waals surface area contributed by atoms with Crippen molar-refractivity contribution in [3.63, 3.8) is 0 Å². The number of aliphatic hydroxyl groups excluding tert-OH is 1. The number of nitrogens with zero attached hydrogens (tertiary/aromatic N) is 4. The fraction of sp³-hybridized carbons (Fsp3) is 0.562. The first-order valence-corrected chi connectivity index (χ1v) is 9.03. The van der Waals surface area contributed by atoms with Gasteiger partial charge in [-0.1, -0.05) is 0 Å². The lowest BCUT2D eigenvalue weighted by molar-refractivity contribution is -0.134. The summed E-state index contributed by atoms with van der Waals surface area (Å²) in [6.45, 7) is 2.17. The number of fused-ring (bicyclic) bond motifs is 1. The molecule has 7 heteroatoms. The van der Waals surface area contributed by atoms with E-state index in [0.29, 0.717) is 25.9 Å². The van der Waals surface area contributed by atoms with Crippen molar-refractivity contribution in [1.29, 1.82) is 0 Å². The molecule has 0 radical (unpaired) electrons. The maximum atomic E-state index is 12.9. The Morgan fingerprint density at radius 3 is 2.87 bits per heavy atom. The van der Waals surface area contributed by atoms with Crippen molar-refractivity contribution < 1.29 is 9.90 Å². The van der Waals surface area contributed by atoms with Gasteiger partial charge in [-0.15, -0.1) is 11.3 Å². The van der Waals surface area contributed by atoms with E-state index in [1.807, 2.05) is 16.3 Å².